The predicted octanol–water partition coefficient (Wildman–Crippen LogP) is 2.24. The zero-order valence-corrected chi connectivity index (χ0v) is 7.34. The molecular formula is C8H7BrO2. The molecule has 0 aromatic carbocycles. The number of allylic oxidation sites excluding steroid dienone is 5. The zero-order valence-electron chi connectivity index (χ0n) is 5.75. The van der Waals surface area contributed by atoms with Crippen molar-refractivity contribution in [3.63, 3.8) is 0 Å². The van der Waals surface area contributed by atoms with Gasteiger partial charge in [-0.1, -0.05) is 34.2 Å². The number of hydrogen-bond acceptors (Lipinski definition) is 1. The summed E-state index contributed by atoms with van der Waals surface area (Å²) in [6, 6.07) is 0. The van der Waals surface area contributed by atoms with Gasteiger partial charge in [-0.15, -0.1) is 0 Å². The standard InChI is InChI=1S/C8H7BrO2/c9-7-3-1-2-6(4-5-7)8(10)11/h1-3,5H,4H2,(H,10,11). The highest BCUT2D eigenvalue weighted by Crippen LogP contribution is 2.15. The molecule has 0 aromatic rings. The summed E-state index contributed by atoms with van der Waals surface area (Å²) in [5.41, 5.74) is 0.413. The van der Waals surface area contributed by atoms with Crippen molar-refractivity contribution >= 4 is 21.9 Å². The Bertz CT molecular complexity index is 259. The maximum absolute atomic E-state index is 10.5. The number of carbonyl (C=O) groups is 1. The molecule has 2 nitrogen and oxygen atoms in total. The van der Waals surface area contributed by atoms with Gasteiger partial charge in [-0.25, -0.2) is 4.79 Å². The molecule has 0 saturated carbocycles. The van der Waals surface area contributed by atoms with Crippen molar-refractivity contribution in [1.82, 2.24) is 0 Å². The number of hydrogen-bond donors (Lipinski definition) is 1. The molecule has 0 radical (unpaired) electrons. The highest BCUT2D eigenvalue weighted by molar-refractivity contribution is 9.11. The molecule has 1 N–H and O–H groups in total. The Morgan fingerprint density at radius 3 is 3.00 bits per heavy atom. The molecule has 0 heterocycles. The molecule has 11 heavy (non-hydrogen) atoms. The molecule has 0 spiro atoms. The predicted molar refractivity (Wildman–Crippen MR) is 46.5 cm³/mol. The number of carboxylic acids is 1. The van der Waals surface area contributed by atoms with Crippen LogP contribution in [-0.4, -0.2) is 11.1 Å². The van der Waals surface area contributed by atoms with Gasteiger partial charge in [0, 0.05) is 10.1 Å². The van der Waals surface area contributed by atoms with Crippen LogP contribution in [0.4, 0.5) is 0 Å². The molecule has 0 bridgehead atoms. The van der Waals surface area contributed by atoms with Gasteiger partial charge >= 0.3 is 5.97 Å². The second kappa shape index (κ2) is 3.53. The van der Waals surface area contributed by atoms with Crippen LogP contribution < -0.4 is 0 Å². The SMILES string of the molecule is O=C(O)C1=CC=CC(Br)=CC1. The first-order chi connectivity index (χ1) is 5.20. The molecule has 0 aliphatic heterocycles. The van der Waals surface area contributed by atoms with E-state index in [0.29, 0.717) is 12.0 Å². The summed E-state index contributed by atoms with van der Waals surface area (Å²) in [6.07, 6.45) is 7.44. The fourth-order valence-electron chi connectivity index (χ4n) is 0.758. The van der Waals surface area contributed by atoms with Gasteiger partial charge in [0.2, 0.25) is 0 Å². The van der Waals surface area contributed by atoms with E-state index in [1.54, 1.807) is 12.2 Å². The number of carboxylic acid groups (broad SMARTS) is 1. The number of rotatable bonds is 1. The first-order valence-electron chi connectivity index (χ1n) is 3.16. The third-order valence-corrected chi connectivity index (χ3v) is 1.93. The summed E-state index contributed by atoms with van der Waals surface area (Å²) < 4.78 is 0.921. The maximum atomic E-state index is 10.5. The highest BCUT2D eigenvalue weighted by atomic mass is 79.9. The Kier molecular flexibility index (Phi) is 2.65. The van der Waals surface area contributed by atoms with Crippen LogP contribution in [0, 0.1) is 0 Å². The summed E-state index contributed by atoms with van der Waals surface area (Å²) in [4.78, 5) is 10.5. The molecule has 58 valence electrons. The van der Waals surface area contributed by atoms with Crippen LogP contribution in [0.2, 0.25) is 0 Å². The minimum absolute atomic E-state index is 0.413. The van der Waals surface area contributed by atoms with Gasteiger partial charge in [-0.3, -0.25) is 0 Å². The van der Waals surface area contributed by atoms with E-state index in [0.717, 1.165) is 4.48 Å². The van der Waals surface area contributed by atoms with Crippen LogP contribution in [-0.2, 0) is 4.79 Å². The fourth-order valence-corrected chi connectivity index (χ4v) is 1.07. The molecule has 1 rings (SSSR count). The summed E-state index contributed by atoms with van der Waals surface area (Å²) in [7, 11) is 0. The fraction of sp³-hybridized carbons (Fsp3) is 0.125. The van der Waals surface area contributed by atoms with E-state index in [-0.39, 0.29) is 0 Å². The lowest BCUT2D eigenvalue weighted by Gasteiger charge is -1.92. The Hall–Kier alpha value is -0.830. The van der Waals surface area contributed by atoms with Crippen molar-refractivity contribution in [1.29, 1.82) is 0 Å². The zero-order chi connectivity index (χ0) is 8.27. The number of halogens is 1. The maximum Gasteiger partial charge on any atom is 0.331 e. The van der Waals surface area contributed by atoms with Crippen LogP contribution in [0.15, 0.2) is 34.4 Å². The van der Waals surface area contributed by atoms with Crippen molar-refractivity contribution < 1.29 is 9.90 Å². The van der Waals surface area contributed by atoms with E-state index in [1.165, 1.54) is 0 Å². The van der Waals surface area contributed by atoms with Crippen LogP contribution in [0.5, 0.6) is 0 Å². The van der Waals surface area contributed by atoms with E-state index in [4.69, 9.17) is 5.11 Å². The minimum atomic E-state index is -0.854. The minimum Gasteiger partial charge on any atom is -0.478 e. The van der Waals surface area contributed by atoms with Crippen molar-refractivity contribution in [3.05, 3.63) is 34.4 Å². The molecule has 0 fully saturated rings. The lowest BCUT2D eigenvalue weighted by molar-refractivity contribution is -0.132. The first kappa shape index (κ1) is 8.27. The van der Waals surface area contributed by atoms with Crippen molar-refractivity contribution in [2.45, 2.75) is 6.42 Å². The average Bonchev–Trinajstić information content (AvgIpc) is 2.13. The van der Waals surface area contributed by atoms with Crippen molar-refractivity contribution in [2.24, 2.45) is 0 Å². The van der Waals surface area contributed by atoms with Gasteiger partial charge in [0.15, 0.2) is 0 Å². The highest BCUT2D eigenvalue weighted by Gasteiger charge is 2.05. The summed E-state index contributed by atoms with van der Waals surface area (Å²) >= 11 is 3.26. The molecule has 0 amide bonds. The largest absolute Gasteiger partial charge is 0.478 e. The third-order valence-electron chi connectivity index (χ3n) is 1.34. The van der Waals surface area contributed by atoms with Gasteiger partial charge < -0.3 is 5.11 Å². The molecule has 0 unspecified atom stereocenters. The van der Waals surface area contributed by atoms with Crippen LogP contribution in [0.1, 0.15) is 6.42 Å². The Morgan fingerprint density at radius 1 is 1.64 bits per heavy atom. The smallest absolute Gasteiger partial charge is 0.331 e. The molecule has 1 aliphatic carbocycles. The summed E-state index contributed by atoms with van der Waals surface area (Å²) in [5, 5.41) is 8.60. The third kappa shape index (κ3) is 2.35. The Labute approximate surface area is 73.0 Å². The average molecular weight is 215 g/mol. The molecule has 0 atom stereocenters. The molecule has 3 heteroatoms. The second-order valence-corrected chi connectivity index (χ2v) is 3.06. The molecule has 1 aliphatic rings. The van der Waals surface area contributed by atoms with Crippen molar-refractivity contribution in [2.75, 3.05) is 0 Å². The number of aliphatic carboxylic acids is 1. The van der Waals surface area contributed by atoms with E-state index < -0.39 is 5.97 Å². The molecule has 0 aromatic heterocycles. The quantitative estimate of drug-likeness (QED) is 0.728. The second-order valence-electron chi connectivity index (χ2n) is 2.15. The summed E-state index contributed by atoms with van der Waals surface area (Å²) in [5.74, 6) is -0.854. The van der Waals surface area contributed by atoms with Gasteiger partial charge in [0.05, 0.1) is 0 Å². The lowest BCUT2D eigenvalue weighted by Crippen LogP contribution is -1.98. The Morgan fingerprint density at radius 2 is 2.36 bits per heavy atom. The summed E-state index contributed by atoms with van der Waals surface area (Å²) in [6.45, 7) is 0. The normalized spacial score (nSPS) is 16.8. The monoisotopic (exact) mass is 214 g/mol. The topological polar surface area (TPSA) is 37.3 Å². The van der Waals surface area contributed by atoms with E-state index >= 15 is 0 Å². The molecular weight excluding hydrogens is 208 g/mol. The Balaban J connectivity index is 2.82. The van der Waals surface area contributed by atoms with Gasteiger partial charge in [0.1, 0.15) is 0 Å². The first-order valence-corrected chi connectivity index (χ1v) is 3.95. The van der Waals surface area contributed by atoms with Gasteiger partial charge in [-0.2, -0.15) is 0 Å². The van der Waals surface area contributed by atoms with Crippen LogP contribution in [0.25, 0.3) is 0 Å². The van der Waals surface area contributed by atoms with E-state index in [9.17, 15) is 4.79 Å². The van der Waals surface area contributed by atoms with Crippen molar-refractivity contribution in [3.8, 4) is 0 Å². The van der Waals surface area contributed by atoms with Crippen LogP contribution in [0.3, 0.4) is 0 Å². The molecule has 0 saturated heterocycles. The van der Waals surface area contributed by atoms with Gasteiger partial charge in [-0.05, 0) is 12.5 Å². The lowest BCUT2D eigenvalue weighted by atomic mass is 10.2. The van der Waals surface area contributed by atoms with E-state index in [1.807, 2.05) is 12.2 Å². The van der Waals surface area contributed by atoms with Gasteiger partial charge in [0.25, 0.3) is 0 Å². The van der Waals surface area contributed by atoms with Crippen LogP contribution >= 0.6 is 15.9 Å². The van der Waals surface area contributed by atoms with E-state index in [2.05, 4.69) is 15.9 Å².